The second-order valence-electron chi connectivity index (χ2n) is 6.12. The Balaban J connectivity index is 1.92. The number of hydrogen-bond donors (Lipinski definition) is 1. The number of aromatic hydroxyl groups is 1. The van der Waals surface area contributed by atoms with Crippen molar-refractivity contribution in [3.63, 3.8) is 0 Å². The molecule has 1 amide bonds. The first-order valence-electron chi connectivity index (χ1n) is 8.08. The van der Waals surface area contributed by atoms with Gasteiger partial charge in [0.1, 0.15) is 11.6 Å². The van der Waals surface area contributed by atoms with Crippen LogP contribution < -0.4 is 4.90 Å². The van der Waals surface area contributed by atoms with Crippen molar-refractivity contribution in [1.82, 2.24) is 0 Å². The predicted octanol–water partition coefficient (Wildman–Crippen LogP) is 4.92. The Hall–Kier alpha value is -3.14. The van der Waals surface area contributed by atoms with E-state index in [0.717, 1.165) is 22.4 Å². The molecular weight excluding hydrogens is 317 g/mol. The summed E-state index contributed by atoms with van der Waals surface area (Å²) in [7, 11) is 0. The Morgan fingerprint density at radius 3 is 2.52 bits per heavy atom. The highest BCUT2D eigenvalue weighted by molar-refractivity contribution is 6.11. The molecule has 3 aromatic rings. The van der Waals surface area contributed by atoms with Crippen LogP contribution >= 0.6 is 0 Å². The highest BCUT2D eigenvalue weighted by atomic mass is 19.1. The first-order chi connectivity index (χ1) is 12.1. The maximum atomic E-state index is 13.8. The number of halogens is 1. The van der Waals surface area contributed by atoms with Crippen molar-refractivity contribution in [2.75, 3.05) is 4.90 Å². The van der Waals surface area contributed by atoms with Crippen LogP contribution in [0, 0.1) is 5.82 Å². The summed E-state index contributed by atoms with van der Waals surface area (Å²) in [5.74, 6) is -0.713. The van der Waals surface area contributed by atoms with Gasteiger partial charge in [-0.1, -0.05) is 36.4 Å². The van der Waals surface area contributed by atoms with E-state index in [1.165, 1.54) is 18.2 Å². The zero-order chi connectivity index (χ0) is 17.6. The molecule has 1 heterocycles. The van der Waals surface area contributed by atoms with Gasteiger partial charge < -0.3 is 10.0 Å². The Labute approximate surface area is 145 Å². The van der Waals surface area contributed by atoms with Crippen molar-refractivity contribution >= 4 is 11.6 Å². The predicted molar refractivity (Wildman–Crippen MR) is 95.2 cm³/mol. The average molecular weight is 333 g/mol. The van der Waals surface area contributed by atoms with E-state index in [-0.39, 0.29) is 29.1 Å². The number of benzene rings is 3. The Kier molecular flexibility index (Phi) is 3.53. The van der Waals surface area contributed by atoms with E-state index in [4.69, 9.17) is 0 Å². The van der Waals surface area contributed by atoms with Crippen molar-refractivity contribution in [1.29, 1.82) is 0 Å². The van der Waals surface area contributed by atoms with Gasteiger partial charge in [-0.25, -0.2) is 4.39 Å². The highest BCUT2D eigenvalue weighted by Gasteiger charge is 2.33. The SMILES string of the molecule is C[C@@H]1c2cc(F)ccc2-c2ccccc2N1C(=O)c1ccccc1O. The number of hydrogen-bond acceptors (Lipinski definition) is 2. The van der Waals surface area contributed by atoms with Crippen LogP contribution in [-0.4, -0.2) is 11.0 Å². The third-order valence-corrected chi connectivity index (χ3v) is 4.66. The molecule has 0 spiro atoms. The summed E-state index contributed by atoms with van der Waals surface area (Å²) >= 11 is 0. The van der Waals surface area contributed by atoms with Crippen LogP contribution in [0.3, 0.4) is 0 Å². The lowest BCUT2D eigenvalue weighted by molar-refractivity contribution is 0.0975. The van der Waals surface area contributed by atoms with E-state index < -0.39 is 0 Å². The first kappa shape index (κ1) is 15.4. The van der Waals surface area contributed by atoms with E-state index in [9.17, 15) is 14.3 Å². The molecule has 1 N–H and O–H groups in total. The van der Waals surface area contributed by atoms with Gasteiger partial charge in [-0.05, 0) is 48.4 Å². The van der Waals surface area contributed by atoms with Crippen LogP contribution in [0.4, 0.5) is 10.1 Å². The summed E-state index contributed by atoms with van der Waals surface area (Å²) < 4.78 is 13.8. The molecule has 1 atom stereocenters. The summed E-state index contributed by atoms with van der Waals surface area (Å²) in [4.78, 5) is 14.8. The van der Waals surface area contributed by atoms with Crippen LogP contribution in [0.1, 0.15) is 28.9 Å². The van der Waals surface area contributed by atoms with Crippen molar-refractivity contribution in [3.05, 3.63) is 83.7 Å². The molecule has 4 heteroatoms. The van der Waals surface area contributed by atoms with E-state index in [2.05, 4.69) is 0 Å². The molecule has 0 aliphatic carbocycles. The summed E-state index contributed by atoms with van der Waals surface area (Å²) in [5.41, 5.74) is 3.53. The highest BCUT2D eigenvalue weighted by Crippen LogP contribution is 2.45. The first-order valence-corrected chi connectivity index (χ1v) is 8.08. The van der Waals surface area contributed by atoms with E-state index >= 15 is 0 Å². The molecule has 3 aromatic carbocycles. The molecule has 0 aromatic heterocycles. The van der Waals surface area contributed by atoms with E-state index in [1.807, 2.05) is 31.2 Å². The van der Waals surface area contributed by atoms with Gasteiger partial charge in [-0.15, -0.1) is 0 Å². The minimum atomic E-state index is -0.354. The number of para-hydroxylation sites is 2. The standard InChI is InChI=1S/C21H16FNO2/c1-13-18-12-14(22)10-11-15(18)16-6-2-4-8-19(16)23(13)21(25)17-7-3-5-9-20(17)24/h2-13,24H,1H3/t13-/m1/s1. The van der Waals surface area contributed by atoms with Gasteiger partial charge in [0.05, 0.1) is 17.3 Å². The monoisotopic (exact) mass is 333 g/mol. The van der Waals surface area contributed by atoms with Gasteiger partial charge in [0.25, 0.3) is 5.91 Å². The molecular formula is C21H16FNO2. The van der Waals surface area contributed by atoms with Crippen LogP contribution in [0.15, 0.2) is 66.7 Å². The molecule has 1 aliphatic heterocycles. The molecule has 25 heavy (non-hydrogen) atoms. The number of fused-ring (bicyclic) bond motifs is 3. The maximum Gasteiger partial charge on any atom is 0.262 e. The fourth-order valence-corrected chi connectivity index (χ4v) is 3.45. The average Bonchev–Trinajstić information content (AvgIpc) is 2.62. The van der Waals surface area contributed by atoms with Gasteiger partial charge in [-0.3, -0.25) is 4.79 Å². The van der Waals surface area contributed by atoms with E-state index in [0.29, 0.717) is 0 Å². The number of carbonyl (C=O) groups excluding carboxylic acids is 1. The third kappa shape index (κ3) is 2.38. The third-order valence-electron chi connectivity index (χ3n) is 4.66. The lowest BCUT2D eigenvalue weighted by Gasteiger charge is -2.37. The molecule has 0 saturated heterocycles. The largest absolute Gasteiger partial charge is 0.507 e. The Bertz CT molecular complexity index is 983. The lowest BCUT2D eigenvalue weighted by Crippen LogP contribution is -2.36. The van der Waals surface area contributed by atoms with Crippen LogP contribution in [-0.2, 0) is 0 Å². The fraction of sp³-hybridized carbons (Fsp3) is 0.0952. The van der Waals surface area contributed by atoms with Gasteiger partial charge in [0, 0.05) is 5.56 Å². The van der Waals surface area contributed by atoms with Crippen LogP contribution in [0.25, 0.3) is 11.1 Å². The van der Waals surface area contributed by atoms with Crippen LogP contribution in [0.2, 0.25) is 0 Å². The number of phenols is 1. The maximum absolute atomic E-state index is 13.8. The van der Waals surface area contributed by atoms with Crippen molar-refractivity contribution in [2.45, 2.75) is 13.0 Å². The topological polar surface area (TPSA) is 40.5 Å². The van der Waals surface area contributed by atoms with Crippen LogP contribution in [0.5, 0.6) is 5.75 Å². The zero-order valence-electron chi connectivity index (χ0n) is 13.6. The second kappa shape index (κ2) is 5.74. The van der Waals surface area contributed by atoms with Crippen molar-refractivity contribution in [3.8, 4) is 16.9 Å². The van der Waals surface area contributed by atoms with Crippen molar-refractivity contribution in [2.24, 2.45) is 0 Å². The number of rotatable bonds is 1. The minimum absolute atomic E-state index is 0.0674. The number of amides is 1. The summed E-state index contributed by atoms with van der Waals surface area (Å²) in [5, 5.41) is 10.1. The molecule has 0 fully saturated rings. The zero-order valence-corrected chi connectivity index (χ0v) is 13.6. The smallest absolute Gasteiger partial charge is 0.262 e. The van der Waals surface area contributed by atoms with Gasteiger partial charge in [0.2, 0.25) is 0 Å². The Morgan fingerprint density at radius 2 is 1.72 bits per heavy atom. The molecule has 0 bridgehead atoms. The molecule has 0 unspecified atom stereocenters. The van der Waals surface area contributed by atoms with Gasteiger partial charge in [-0.2, -0.15) is 0 Å². The summed E-state index contributed by atoms with van der Waals surface area (Å²) in [6.07, 6.45) is 0. The molecule has 0 radical (unpaired) electrons. The number of nitrogens with zero attached hydrogens (tertiary/aromatic N) is 1. The fourth-order valence-electron chi connectivity index (χ4n) is 3.45. The van der Waals surface area contributed by atoms with E-state index in [1.54, 1.807) is 29.2 Å². The molecule has 4 rings (SSSR count). The number of phenolic OH excluding ortho intramolecular Hbond substituents is 1. The van der Waals surface area contributed by atoms with Gasteiger partial charge in [0.15, 0.2) is 0 Å². The lowest BCUT2D eigenvalue weighted by atomic mass is 9.88. The summed E-state index contributed by atoms with van der Waals surface area (Å²) in [6, 6.07) is 18.3. The Morgan fingerprint density at radius 1 is 1.00 bits per heavy atom. The quantitative estimate of drug-likeness (QED) is 0.687. The molecule has 0 saturated carbocycles. The second-order valence-corrected chi connectivity index (χ2v) is 6.12. The van der Waals surface area contributed by atoms with Gasteiger partial charge >= 0.3 is 0 Å². The molecule has 3 nitrogen and oxygen atoms in total. The molecule has 1 aliphatic rings. The molecule has 124 valence electrons. The number of anilines is 1. The normalized spacial score (nSPS) is 15.4. The summed E-state index contributed by atoms with van der Waals surface area (Å²) in [6.45, 7) is 1.87. The number of carbonyl (C=O) groups is 1. The minimum Gasteiger partial charge on any atom is -0.507 e. The van der Waals surface area contributed by atoms with Crippen molar-refractivity contribution < 1.29 is 14.3 Å².